The Morgan fingerprint density at radius 3 is 2.51 bits per heavy atom. The van der Waals surface area contributed by atoms with E-state index < -0.39 is 28.9 Å². The molecule has 2 aliphatic rings. The molecule has 12 heteroatoms. The normalized spacial score (nSPS) is 15.8. The molecule has 0 radical (unpaired) electrons. The predicted octanol–water partition coefficient (Wildman–Crippen LogP) is 6.26. The molecule has 0 spiro atoms. The number of carbonyl (C=O) groups is 2. The highest BCUT2D eigenvalue weighted by Gasteiger charge is 2.57. The van der Waals surface area contributed by atoms with Crippen molar-refractivity contribution >= 4 is 44.7 Å². The average molecular weight is 629 g/mol. The first-order valence-electron chi connectivity index (χ1n) is 14.8. The van der Waals surface area contributed by atoms with Gasteiger partial charge >= 0.3 is 0 Å². The van der Waals surface area contributed by atoms with Crippen LogP contribution in [-0.2, 0) is 16.1 Å². The van der Waals surface area contributed by atoms with Crippen LogP contribution in [0.3, 0.4) is 0 Å². The van der Waals surface area contributed by atoms with Gasteiger partial charge in [-0.2, -0.15) is 0 Å². The van der Waals surface area contributed by atoms with Crippen molar-refractivity contribution in [3.8, 4) is 22.1 Å². The first kappa shape index (κ1) is 29.1. The number of hydrogen-bond donors (Lipinski definition) is 1. The van der Waals surface area contributed by atoms with Crippen molar-refractivity contribution in [3.63, 3.8) is 0 Å². The number of primary amides is 1. The summed E-state index contributed by atoms with van der Waals surface area (Å²) in [4.78, 5) is 39.2. The third kappa shape index (κ3) is 5.55. The number of hydrogen-bond acceptors (Lipinski definition) is 7. The van der Waals surface area contributed by atoms with Crippen LogP contribution in [0.4, 0.5) is 20.2 Å². The highest BCUT2D eigenvalue weighted by molar-refractivity contribution is 7.22. The molecule has 0 bridgehead atoms. The molecule has 5 aromatic rings. The molecule has 2 amide bonds. The number of pyridine rings is 1. The van der Waals surface area contributed by atoms with E-state index in [-0.39, 0.29) is 30.0 Å². The molecule has 230 valence electrons. The van der Waals surface area contributed by atoms with Gasteiger partial charge in [0.25, 0.3) is 0 Å². The maximum absolute atomic E-state index is 15.6. The van der Waals surface area contributed by atoms with Crippen molar-refractivity contribution in [2.45, 2.75) is 32.2 Å². The van der Waals surface area contributed by atoms with Crippen LogP contribution in [0.1, 0.15) is 25.7 Å². The van der Waals surface area contributed by atoms with Gasteiger partial charge in [0.05, 0.1) is 38.5 Å². The lowest BCUT2D eigenvalue weighted by atomic mass is 10.0. The summed E-state index contributed by atoms with van der Waals surface area (Å²) >= 11 is 1.45. The number of thiophene rings is 1. The van der Waals surface area contributed by atoms with Gasteiger partial charge in [0, 0.05) is 37.6 Å². The number of para-hydroxylation sites is 1. The van der Waals surface area contributed by atoms with Gasteiger partial charge in [-0.25, -0.2) is 13.8 Å². The van der Waals surface area contributed by atoms with E-state index in [4.69, 9.17) is 10.5 Å². The summed E-state index contributed by atoms with van der Waals surface area (Å²) in [5.41, 5.74) is 5.54. The number of nitrogens with two attached hydrogens (primary N) is 1. The lowest BCUT2D eigenvalue weighted by Gasteiger charge is -2.27. The van der Waals surface area contributed by atoms with Gasteiger partial charge < -0.3 is 19.9 Å². The minimum absolute atomic E-state index is 0.0427. The first-order valence-corrected chi connectivity index (χ1v) is 15.6. The van der Waals surface area contributed by atoms with E-state index in [0.29, 0.717) is 11.3 Å². The van der Waals surface area contributed by atoms with Crippen LogP contribution >= 0.6 is 11.3 Å². The maximum Gasteiger partial charge on any atom is 0.247 e. The predicted molar refractivity (Wildman–Crippen MR) is 167 cm³/mol. The summed E-state index contributed by atoms with van der Waals surface area (Å²) in [6, 6.07) is 13.1. The second-order valence-electron chi connectivity index (χ2n) is 11.4. The van der Waals surface area contributed by atoms with Gasteiger partial charge in [-0.15, -0.1) is 11.3 Å². The monoisotopic (exact) mass is 628 g/mol. The van der Waals surface area contributed by atoms with E-state index >= 15 is 4.39 Å². The van der Waals surface area contributed by atoms with Crippen molar-refractivity contribution in [2.75, 3.05) is 24.5 Å². The van der Waals surface area contributed by atoms with E-state index in [9.17, 15) is 14.0 Å². The lowest BCUT2D eigenvalue weighted by molar-refractivity contribution is -0.133. The second kappa shape index (κ2) is 11.7. The molecule has 4 heterocycles. The van der Waals surface area contributed by atoms with Crippen molar-refractivity contribution in [1.29, 1.82) is 0 Å². The van der Waals surface area contributed by atoms with Crippen LogP contribution in [0.5, 0.6) is 11.5 Å². The molecule has 0 unspecified atom stereocenters. The van der Waals surface area contributed by atoms with E-state index in [1.54, 1.807) is 18.3 Å². The molecule has 2 N–H and O–H groups in total. The molecule has 1 saturated carbocycles. The number of fused-ring (bicyclic) bond motifs is 1. The number of nitrogens with zero attached hydrogens (tertiary/aromatic N) is 5. The van der Waals surface area contributed by atoms with E-state index in [1.807, 2.05) is 18.6 Å². The van der Waals surface area contributed by atoms with E-state index in [2.05, 4.69) is 19.4 Å². The van der Waals surface area contributed by atoms with Crippen molar-refractivity contribution in [3.05, 3.63) is 85.0 Å². The standard InChI is InChI=1S/C33H30F2N6O3S/c34-22-5-1-2-6-26(22)41(32(43)33(10-11-33)31(36)42)21-7-8-27(23(35)17-21)44-28-9-12-37-24-18-29(45-30(24)28)25-19-40(20-38-25)16-15-39-13-3-4-14-39/h1-2,5-9,12,17-20H,3-4,10-11,13-16H2,(H2,36,42). The van der Waals surface area contributed by atoms with Gasteiger partial charge in [-0.05, 0) is 69.1 Å². The number of aromatic nitrogens is 3. The van der Waals surface area contributed by atoms with Crippen LogP contribution in [0.15, 0.2) is 73.3 Å². The summed E-state index contributed by atoms with van der Waals surface area (Å²) in [6.45, 7) is 4.15. The molecular formula is C33H30F2N6O3S. The number of carbonyl (C=O) groups excluding carboxylic acids is 2. The fraction of sp³-hybridized carbons (Fsp3) is 0.273. The Labute approximate surface area is 261 Å². The molecule has 7 rings (SSSR count). The smallest absolute Gasteiger partial charge is 0.247 e. The molecule has 9 nitrogen and oxygen atoms in total. The Bertz CT molecular complexity index is 1910. The van der Waals surface area contributed by atoms with E-state index in [0.717, 1.165) is 52.4 Å². The first-order chi connectivity index (χ1) is 21.8. The number of likely N-dealkylation sites (tertiary alicyclic amines) is 1. The minimum atomic E-state index is -1.45. The van der Waals surface area contributed by atoms with Crippen LogP contribution in [0, 0.1) is 17.0 Å². The largest absolute Gasteiger partial charge is 0.453 e. The fourth-order valence-corrected chi connectivity index (χ4v) is 6.75. The Morgan fingerprint density at radius 2 is 1.78 bits per heavy atom. The minimum Gasteiger partial charge on any atom is -0.453 e. The van der Waals surface area contributed by atoms with Gasteiger partial charge in [0.2, 0.25) is 11.8 Å². The molecule has 3 aromatic heterocycles. The lowest BCUT2D eigenvalue weighted by Crippen LogP contribution is -2.41. The van der Waals surface area contributed by atoms with Crippen molar-refractivity contribution in [1.82, 2.24) is 19.4 Å². The van der Waals surface area contributed by atoms with Gasteiger partial charge in [0.1, 0.15) is 17.0 Å². The quantitative estimate of drug-likeness (QED) is 0.183. The van der Waals surface area contributed by atoms with Crippen LogP contribution in [0.25, 0.3) is 20.8 Å². The summed E-state index contributed by atoms with van der Waals surface area (Å²) in [6.07, 6.45) is 8.45. The number of imidazole rings is 1. The van der Waals surface area contributed by atoms with Gasteiger partial charge in [-0.1, -0.05) is 12.1 Å². The summed E-state index contributed by atoms with van der Waals surface area (Å²) in [5.74, 6) is -2.65. The third-order valence-corrected chi connectivity index (χ3v) is 9.62. The highest BCUT2D eigenvalue weighted by Crippen LogP contribution is 2.49. The van der Waals surface area contributed by atoms with Gasteiger partial charge in [0.15, 0.2) is 11.6 Å². The van der Waals surface area contributed by atoms with Gasteiger partial charge in [-0.3, -0.25) is 19.5 Å². The number of rotatable bonds is 10. The average Bonchev–Trinajstić information content (AvgIpc) is 3.35. The molecule has 2 fully saturated rings. The molecule has 45 heavy (non-hydrogen) atoms. The number of amides is 2. The third-order valence-electron chi connectivity index (χ3n) is 8.46. The van der Waals surface area contributed by atoms with Crippen LogP contribution in [-0.4, -0.2) is 50.9 Å². The zero-order valence-electron chi connectivity index (χ0n) is 24.3. The number of benzene rings is 2. The molecule has 1 aliphatic heterocycles. The van der Waals surface area contributed by atoms with Crippen molar-refractivity contribution in [2.24, 2.45) is 11.1 Å². The number of ether oxygens (including phenoxy) is 1. The van der Waals surface area contributed by atoms with E-state index in [1.165, 1.54) is 54.5 Å². The van der Waals surface area contributed by atoms with Crippen LogP contribution < -0.4 is 15.4 Å². The molecule has 1 saturated heterocycles. The Kier molecular flexibility index (Phi) is 7.54. The maximum atomic E-state index is 15.6. The number of anilines is 2. The zero-order chi connectivity index (χ0) is 31.1. The fourth-order valence-electron chi connectivity index (χ4n) is 5.73. The molecule has 2 aromatic carbocycles. The highest BCUT2D eigenvalue weighted by atomic mass is 32.1. The Hall–Kier alpha value is -4.68. The summed E-state index contributed by atoms with van der Waals surface area (Å²) in [5, 5.41) is 0. The zero-order valence-corrected chi connectivity index (χ0v) is 25.1. The van der Waals surface area contributed by atoms with Crippen molar-refractivity contribution < 1.29 is 23.1 Å². The summed E-state index contributed by atoms with van der Waals surface area (Å²) in [7, 11) is 0. The Morgan fingerprint density at radius 1 is 0.978 bits per heavy atom. The van der Waals surface area contributed by atoms with Crippen LogP contribution in [0.2, 0.25) is 0 Å². The SMILES string of the molecule is NC(=O)C1(C(=O)N(c2ccc(Oc3ccnc4cc(-c5cn(CCN6CCCC6)cn5)sc34)c(F)c2)c2ccccc2F)CC1. The molecule has 0 atom stereocenters. The topological polar surface area (TPSA) is 107 Å². The second-order valence-corrected chi connectivity index (χ2v) is 12.5. The molecule has 1 aliphatic carbocycles. The summed E-state index contributed by atoms with van der Waals surface area (Å²) < 4.78 is 39.4. The Balaban J connectivity index is 1.15. The number of halogens is 2. The molecular weight excluding hydrogens is 598 g/mol.